The summed E-state index contributed by atoms with van der Waals surface area (Å²) in [6, 6.07) is 16.9. The minimum absolute atomic E-state index is 0.223. The van der Waals surface area contributed by atoms with Gasteiger partial charge < -0.3 is 5.32 Å². The maximum Gasteiger partial charge on any atom is 0.123 e. The average molecular weight is 343 g/mol. The van der Waals surface area contributed by atoms with E-state index >= 15 is 0 Å². The lowest BCUT2D eigenvalue weighted by molar-refractivity contribution is 0.627. The van der Waals surface area contributed by atoms with E-state index in [1.165, 1.54) is 6.07 Å². The first-order chi connectivity index (χ1) is 12.7. The third-order valence-corrected chi connectivity index (χ3v) is 4.50. The number of rotatable bonds is 4. The first-order valence-corrected chi connectivity index (χ1v) is 8.49. The second-order valence-electron chi connectivity index (χ2n) is 6.21. The van der Waals surface area contributed by atoms with Crippen LogP contribution in [0.2, 0.25) is 0 Å². The quantitative estimate of drug-likeness (QED) is 0.542. The molecule has 3 nitrogen and oxygen atoms in total. The molecule has 0 aliphatic carbocycles. The van der Waals surface area contributed by atoms with Crippen LogP contribution < -0.4 is 5.32 Å². The minimum atomic E-state index is -0.223. The molecule has 0 aliphatic heterocycles. The van der Waals surface area contributed by atoms with Gasteiger partial charge in [-0.3, -0.25) is 9.97 Å². The second-order valence-corrected chi connectivity index (χ2v) is 6.21. The van der Waals surface area contributed by atoms with Crippen molar-refractivity contribution < 1.29 is 4.39 Å². The van der Waals surface area contributed by atoms with Crippen molar-refractivity contribution in [2.45, 2.75) is 13.5 Å². The van der Waals surface area contributed by atoms with Gasteiger partial charge in [0.2, 0.25) is 0 Å². The van der Waals surface area contributed by atoms with Crippen molar-refractivity contribution in [1.29, 1.82) is 0 Å². The van der Waals surface area contributed by atoms with Gasteiger partial charge in [0, 0.05) is 40.6 Å². The Morgan fingerprint density at radius 3 is 2.77 bits per heavy atom. The monoisotopic (exact) mass is 343 g/mol. The molecule has 0 bridgehead atoms. The highest BCUT2D eigenvalue weighted by atomic mass is 19.1. The number of halogens is 1. The smallest absolute Gasteiger partial charge is 0.123 e. The molecular weight excluding hydrogens is 325 g/mol. The minimum Gasteiger partial charge on any atom is -0.379 e. The fourth-order valence-electron chi connectivity index (χ4n) is 3.21. The van der Waals surface area contributed by atoms with Crippen LogP contribution in [0, 0.1) is 12.7 Å². The van der Waals surface area contributed by atoms with E-state index in [1.807, 2.05) is 55.6 Å². The summed E-state index contributed by atoms with van der Waals surface area (Å²) in [5.41, 5.74) is 4.87. The number of hydrogen-bond acceptors (Lipinski definition) is 3. The van der Waals surface area contributed by atoms with Crippen LogP contribution in [0.3, 0.4) is 0 Å². The van der Waals surface area contributed by atoms with Crippen LogP contribution in [0.4, 0.5) is 10.1 Å². The maximum atomic E-state index is 13.4. The average Bonchev–Trinajstić information content (AvgIpc) is 2.67. The molecule has 2 heterocycles. The molecule has 2 aromatic carbocycles. The standard InChI is InChI=1S/C22H18FN3/c1-15-12-17(23)7-8-18(15)20-5-3-10-25-22(20)14-26-21-6-2-4-16-13-24-11-9-19(16)21/h2-13,26H,14H2,1H3. The molecule has 1 N–H and O–H groups in total. The number of hydrogen-bond donors (Lipinski definition) is 1. The molecule has 2 aromatic heterocycles. The zero-order chi connectivity index (χ0) is 17.9. The van der Waals surface area contributed by atoms with Crippen molar-refractivity contribution in [1.82, 2.24) is 9.97 Å². The third kappa shape index (κ3) is 3.14. The van der Waals surface area contributed by atoms with Gasteiger partial charge in [0.05, 0.1) is 12.2 Å². The maximum absolute atomic E-state index is 13.4. The fraction of sp³-hybridized carbons (Fsp3) is 0.0909. The van der Waals surface area contributed by atoms with Crippen molar-refractivity contribution in [3.05, 3.63) is 90.3 Å². The van der Waals surface area contributed by atoms with E-state index in [2.05, 4.69) is 15.3 Å². The predicted octanol–water partition coefficient (Wildman–Crippen LogP) is 5.36. The molecule has 0 spiro atoms. The number of pyridine rings is 2. The molecular formula is C22H18FN3. The van der Waals surface area contributed by atoms with Gasteiger partial charge in [0.25, 0.3) is 0 Å². The Morgan fingerprint density at radius 1 is 0.962 bits per heavy atom. The van der Waals surface area contributed by atoms with Crippen molar-refractivity contribution >= 4 is 16.5 Å². The number of aromatic nitrogens is 2. The topological polar surface area (TPSA) is 37.8 Å². The van der Waals surface area contributed by atoms with Crippen LogP contribution >= 0.6 is 0 Å². The highest BCUT2D eigenvalue weighted by Gasteiger charge is 2.10. The van der Waals surface area contributed by atoms with E-state index < -0.39 is 0 Å². The Morgan fingerprint density at radius 2 is 1.88 bits per heavy atom. The summed E-state index contributed by atoms with van der Waals surface area (Å²) in [7, 11) is 0. The molecule has 4 heteroatoms. The Balaban J connectivity index is 1.67. The summed E-state index contributed by atoms with van der Waals surface area (Å²) in [6.45, 7) is 2.49. The lowest BCUT2D eigenvalue weighted by Crippen LogP contribution is -2.04. The summed E-state index contributed by atoms with van der Waals surface area (Å²) in [6.07, 6.45) is 5.43. The van der Waals surface area contributed by atoms with Crippen LogP contribution in [0.25, 0.3) is 21.9 Å². The highest BCUT2D eigenvalue weighted by Crippen LogP contribution is 2.28. The van der Waals surface area contributed by atoms with Gasteiger partial charge in [-0.05, 0) is 48.4 Å². The summed E-state index contributed by atoms with van der Waals surface area (Å²) < 4.78 is 13.4. The Kier molecular flexibility index (Phi) is 4.32. The van der Waals surface area contributed by atoms with E-state index in [0.717, 1.165) is 38.8 Å². The number of nitrogens with one attached hydrogen (secondary N) is 1. The van der Waals surface area contributed by atoms with Crippen LogP contribution in [0.15, 0.2) is 73.2 Å². The molecule has 0 fully saturated rings. The lowest BCUT2D eigenvalue weighted by atomic mass is 9.99. The molecule has 0 atom stereocenters. The van der Waals surface area contributed by atoms with Gasteiger partial charge >= 0.3 is 0 Å². The summed E-state index contributed by atoms with van der Waals surface area (Å²) >= 11 is 0. The van der Waals surface area contributed by atoms with E-state index in [1.54, 1.807) is 18.5 Å². The van der Waals surface area contributed by atoms with Crippen molar-refractivity contribution in [3.63, 3.8) is 0 Å². The van der Waals surface area contributed by atoms with E-state index in [0.29, 0.717) is 6.54 Å². The van der Waals surface area contributed by atoms with Crippen molar-refractivity contribution in [2.75, 3.05) is 5.32 Å². The second kappa shape index (κ2) is 6.92. The number of anilines is 1. The number of benzene rings is 2. The molecule has 0 radical (unpaired) electrons. The Hall–Kier alpha value is -3.27. The van der Waals surface area contributed by atoms with Crippen molar-refractivity contribution in [2.24, 2.45) is 0 Å². The van der Waals surface area contributed by atoms with Crippen LogP contribution in [0.5, 0.6) is 0 Å². The Bertz CT molecular complexity index is 1070. The zero-order valence-corrected chi connectivity index (χ0v) is 14.4. The van der Waals surface area contributed by atoms with Crippen molar-refractivity contribution in [3.8, 4) is 11.1 Å². The molecule has 0 unspecified atom stereocenters. The molecule has 26 heavy (non-hydrogen) atoms. The van der Waals surface area contributed by atoms with E-state index in [9.17, 15) is 4.39 Å². The molecule has 128 valence electrons. The number of nitrogens with zero attached hydrogens (tertiary/aromatic N) is 2. The summed E-state index contributed by atoms with van der Waals surface area (Å²) in [5, 5.41) is 5.69. The Labute approximate surface area is 151 Å². The highest BCUT2D eigenvalue weighted by molar-refractivity contribution is 5.93. The van der Waals surface area contributed by atoms with Gasteiger partial charge in [0.1, 0.15) is 5.82 Å². The normalized spacial score (nSPS) is 10.8. The molecule has 0 saturated heterocycles. The van der Waals surface area contributed by atoms with Crippen LogP contribution in [-0.4, -0.2) is 9.97 Å². The summed E-state index contributed by atoms with van der Waals surface area (Å²) in [4.78, 5) is 8.72. The van der Waals surface area contributed by atoms with Crippen LogP contribution in [-0.2, 0) is 6.54 Å². The lowest BCUT2D eigenvalue weighted by Gasteiger charge is -2.14. The third-order valence-electron chi connectivity index (χ3n) is 4.50. The summed E-state index contributed by atoms with van der Waals surface area (Å²) in [5.74, 6) is -0.223. The number of fused-ring (bicyclic) bond motifs is 1. The largest absolute Gasteiger partial charge is 0.379 e. The van der Waals surface area contributed by atoms with Gasteiger partial charge in [-0.25, -0.2) is 4.39 Å². The van der Waals surface area contributed by atoms with E-state index in [4.69, 9.17) is 0 Å². The molecule has 0 saturated carbocycles. The van der Waals surface area contributed by atoms with Crippen LogP contribution in [0.1, 0.15) is 11.3 Å². The SMILES string of the molecule is Cc1cc(F)ccc1-c1cccnc1CNc1cccc2cnccc12. The first kappa shape index (κ1) is 16.2. The van der Waals surface area contributed by atoms with Gasteiger partial charge in [0.15, 0.2) is 0 Å². The fourth-order valence-corrected chi connectivity index (χ4v) is 3.21. The van der Waals surface area contributed by atoms with Gasteiger partial charge in [-0.15, -0.1) is 0 Å². The first-order valence-electron chi connectivity index (χ1n) is 8.49. The molecule has 4 rings (SSSR count). The molecule has 4 aromatic rings. The van der Waals surface area contributed by atoms with E-state index in [-0.39, 0.29) is 5.82 Å². The van der Waals surface area contributed by atoms with Gasteiger partial charge in [-0.1, -0.05) is 24.3 Å². The molecule has 0 amide bonds. The number of aryl methyl sites for hydroxylation is 1. The van der Waals surface area contributed by atoms with Gasteiger partial charge in [-0.2, -0.15) is 0 Å². The predicted molar refractivity (Wildman–Crippen MR) is 103 cm³/mol. The molecule has 0 aliphatic rings. The zero-order valence-electron chi connectivity index (χ0n) is 14.4.